The Kier molecular flexibility index (Phi) is 4.66. The highest BCUT2D eigenvalue weighted by Crippen LogP contribution is 2.28. The van der Waals surface area contributed by atoms with Crippen LogP contribution in [0.1, 0.15) is 31.4 Å². The number of hydrogen-bond acceptors (Lipinski definition) is 4. The zero-order chi connectivity index (χ0) is 13.8. The van der Waals surface area contributed by atoms with Crippen LogP contribution < -0.4 is 10.6 Å². The molecule has 1 heterocycles. The molecule has 0 aliphatic carbocycles. The number of ether oxygens (including phenoxy) is 1. The van der Waals surface area contributed by atoms with E-state index in [-0.39, 0.29) is 11.8 Å². The Bertz CT molecular complexity index is 415. The second kappa shape index (κ2) is 6.26. The highest BCUT2D eigenvalue weighted by molar-refractivity contribution is 5.53. The summed E-state index contributed by atoms with van der Waals surface area (Å²) < 4.78 is 5.38. The monoisotopic (exact) mass is 264 g/mol. The number of nitrogens with zero attached hydrogens (tertiary/aromatic N) is 1. The Hall–Kier alpha value is -1.26. The zero-order valence-electron chi connectivity index (χ0n) is 11.8. The van der Waals surface area contributed by atoms with E-state index in [2.05, 4.69) is 11.9 Å². The van der Waals surface area contributed by atoms with Crippen molar-refractivity contribution in [3.63, 3.8) is 0 Å². The van der Waals surface area contributed by atoms with Crippen molar-refractivity contribution >= 4 is 5.69 Å². The van der Waals surface area contributed by atoms with Crippen LogP contribution in [0.15, 0.2) is 18.2 Å². The van der Waals surface area contributed by atoms with E-state index in [0.717, 1.165) is 43.9 Å². The van der Waals surface area contributed by atoms with Gasteiger partial charge in [-0.3, -0.25) is 0 Å². The molecule has 1 fully saturated rings. The molecule has 0 radical (unpaired) electrons. The molecule has 1 aromatic carbocycles. The van der Waals surface area contributed by atoms with Gasteiger partial charge in [0.1, 0.15) is 5.75 Å². The fourth-order valence-electron chi connectivity index (χ4n) is 2.58. The molecule has 1 unspecified atom stereocenters. The van der Waals surface area contributed by atoms with Crippen molar-refractivity contribution in [2.75, 3.05) is 31.7 Å². The summed E-state index contributed by atoms with van der Waals surface area (Å²) in [4.78, 5) is 2.20. The molecular formula is C15H24N2O2. The van der Waals surface area contributed by atoms with Crippen LogP contribution in [0.4, 0.5) is 5.69 Å². The van der Waals surface area contributed by atoms with Gasteiger partial charge in [-0.25, -0.2) is 0 Å². The number of hydrogen-bond donors (Lipinski definition) is 2. The van der Waals surface area contributed by atoms with Crippen molar-refractivity contribution < 1.29 is 9.84 Å². The average molecular weight is 264 g/mol. The maximum absolute atomic E-state index is 9.99. The summed E-state index contributed by atoms with van der Waals surface area (Å²) >= 11 is 0. The molecular weight excluding hydrogens is 240 g/mol. The lowest BCUT2D eigenvalue weighted by atomic mass is 9.99. The molecule has 0 bridgehead atoms. The van der Waals surface area contributed by atoms with Crippen molar-refractivity contribution in [2.24, 2.45) is 11.7 Å². The van der Waals surface area contributed by atoms with Crippen LogP contribution in [0.2, 0.25) is 0 Å². The first kappa shape index (κ1) is 14.2. The maximum atomic E-state index is 9.99. The molecule has 19 heavy (non-hydrogen) atoms. The average Bonchev–Trinajstić information content (AvgIpc) is 2.39. The molecule has 1 atom stereocenters. The topological polar surface area (TPSA) is 58.7 Å². The van der Waals surface area contributed by atoms with Crippen LogP contribution in [0.25, 0.3) is 0 Å². The molecule has 0 spiro atoms. The van der Waals surface area contributed by atoms with Gasteiger partial charge in [-0.15, -0.1) is 0 Å². The normalized spacial score (nSPS) is 18.3. The highest BCUT2D eigenvalue weighted by atomic mass is 16.5. The van der Waals surface area contributed by atoms with Crippen molar-refractivity contribution in [1.82, 2.24) is 0 Å². The fourth-order valence-corrected chi connectivity index (χ4v) is 2.58. The largest absolute Gasteiger partial charge is 0.508 e. The Labute approximate surface area is 115 Å². The minimum absolute atomic E-state index is 0.144. The molecule has 106 valence electrons. The van der Waals surface area contributed by atoms with E-state index >= 15 is 0 Å². The van der Waals surface area contributed by atoms with Gasteiger partial charge in [0.25, 0.3) is 0 Å². The van der Waals surface area contributed by atoms with Gasteiger partial charge in [0.15, 0.2) is 0 Å². The molecule has 1 aromatic rings. The van der Waals surface area contributed by atoms with E-state index in [4.69, 9.17) is 10.5 Å². The number of nitrogens with two attached hydrogens (primary N) is 1. The Morgan fingerprint density at radius 2 is 2.11 bits per heavy atom. The molecule has 0 aromatic heterocycles. The lowest BCUT2D eigenvalue weighted by Gasteiger charge is -2.28. The van der Waals surface area contributed by atoms with E-state index < -0.39 is 0 Å². The lowest BCUT2D eigenvalue weighted by molar-refractivity contribution is 0.0685. The standard InChI is InChI=1S/C15H24N2O2/c1-11(16)14-4-3-13(9-15(14)18)17(2)10-12-5-7-19-8-6-12/h3-4,9,11-12,18H,5-8,10,16H2,1-2H3. The number of benzene rings is 1. The molecule has 3 N–H and O–H groups in total. The highest BCUT2D eigenvalue weighted by Gasteiger charge is 2.17. The minimum atomic E-state index is -0.144. The van der Waals surface area contributed by atoms with Crippen LogP contribution >= 0.6 is 0 Å². The van der Waals surface area contributed by atoms with Crippen LogP contribution in [-0.2, 0) is 4.74 Å². The first-order chi connectivity index (χ1) is 9.08. The van der Waals surface area contributed by atoms with Gasteiger partial charge in [-0.1, -0.05) is 6.07 Å². The summed E-state index contributed by atoms with van der Waals surface area (Å²) in [6.45, 7) is 4.61. The second-order valence-electron chi connectivity index (χ2n) is 5.47. The summed E-state index contributed by atoms with van der Waals surface area (Å²) in [5.74, 6) is 0.959. The number of rotatable bonds is 4. The third-order valence-corrected chi connectivity index (χ3v) is 3.82. The van der Waals surface area contributed by atoms with Crippen molar-refractivity contribution in [2.45, 2.75) is 25.8 Å². The predicted octanol–water partition coefficient (Wildman–Crippen LogP) is 2.27. The number of phenolic OH excluding ortho intramolecular Hbond substituents is 1. The Morgan fingerprint density at radius 3 is 2.68 bits per heavy atom. The molecule has 4 nitrogen and oxygen atoms in total. The van der Waals surface area contributed by atoms with Gasteiger partial charge in [0, 0.05) is 50.2 Å². The first-order valence-electron chi connectivity index (χ1n) is 6.95. The van der Waals surface area contributed by atoms with Crippen molar-refractivity contribution in [3.05, 3.63) is 23.8 Å². The third-order valence-electron chi connectivity index (χ3n) is 3.82. The summed E-state index contributed by atoms with van der Waals surface area (Å²) in [6, 6.07) is 5.60. The zero-order valence-corrected chi connectivity index (χ0v) is 11.8. The van der Waals surface area contributed by atoms with Gasteiger partial charge < -0.3 is 20.5 Å². The lowest BCUT2D eigenvalue weighted by Crippen LogP contribution is -2.29. The van der Waals surface area contributed by atoms with Gasteiger partial charge in [0.05, 0.1) is 0 Å². The molecule has 1 aliphatic rings. The molecule has 0 saturated carbocycles. The van der Waals surface area contributed by atoms with Crippen LogP contribution in [0, 0.1) is 5.92 Å². The van der Waals surface area contributed by atoms with Crippen LogP contribution in [0.3, 0.4) is 0 Å². The number of phenols is 1. The minimum Gasteiger partial charge on any atom is -0.508 e. The van der Waals surface area contributed by atoms with Crippen LogP contribution in [0.5, 0.6) is 5.75 Å². The molecule has 1 saturated heterocycles. The summed E-state index contributed by atoms with van der Waals surface area (Å²) in [7, 11) is 2.07. The SMILES string of the molecule is CC(N)c1ccc(N(C)CC2CCOCC2)cc1O. The Balaban J connectivity index is 2.02. The van der Waals surface area contributed by atoms with E-state index in [9.17, 15) is 5.11 Å². The van der Waals surface area contributed by atoms with Gasteiger partial charge in [-0.05, 0) is 31.7 Å². The smallest absolute Gasteiger partial charge is 0.122 e. The van der Waals surface area contributed by atoms with E-state index in [1.54, 1.807) is 6.07 Å². The van der Waals surface area contributed by atoms with Crippen molar-refractivity contribution in [3.8, 4) is 5.75 Å². The summed E-state index contributed by atoms with van der Waals surface area (Å²) in [5, 5.41) is 9.99. The molecule has 4 heteroatoms. The van der Waals surface area contributed by atoms with Gasteiger partial charge in [0.2, 0.25) is 0 Å². The van der Waals surface area contributed by atoms with Crippen LogP contribution in [-0.4, -0.2) is 31.9 Å². The fraction of sp³-hybridized carbons (Fsp3) is 0.600. The predicted molar refractivity (Wildman–Crippen MR) is 77.5 cm³/mol. The second-order valence-corrected chi connectivity index (χ2v) is 5.47. The quantitative estimate of drug-likeness (QED) is 0.876. The number of aromatic hydroxyl groups is 1. The third kappa shape index (κ3) is 3.61. The first-order valence-corrected chi connectivity index (χ1v) is 6.95. The molecule has 0 amide bonds. The van der Waals surface area contributed by atoms with Crippen molar-refractivity contribution in [1.29, 1.82) is 0 Å². The maximum Gasteiger partial charge on any atom is 0.122 e. The van der Waals surface area contributed by atoms with Gasteiger partial charge in [-0.2, -0.15) is 0 Å². The Morgan fingerprint density at radius 1 is 1.42 bits per heavy atom. The molecule has 2 rings (SSSR count). The summed E-state index contributed by atoms with van der Waals surface area (Å²) in [5.41, 5.74) is 7.63. The molecule has 1 aliphatic heterocycles. The summed E-state index contributed by atoms with van der Waals surface area (Å²) in [6.07, 6.45) is 2.24. The van der Waals surface area contributed by atoms with Gasteiger partial charge >= 0.3 is 0 Å². The van der Waals surface area contributed by atoms with E-state index in [0.29, 0.717) is 5.92 Å². The van der Waals surface area contributed by atoms with E-state index in [1.807, 2.05) is 19.1 Å². The number of anilines is 1. The van der Waals surface area contributed by atoms with E-state index in [1.165, 1.54) is 0 Å².